The minimum Gasteiger partial charge on any atom is -0.438 e. The van der Waals surface area contributed by atoms with Gasteiger partial charge in [0.1, 0.15) is 6.61 Å². The van der Waals surface area contributed by atoms with Gasteiger partial charge in [0.15, 0.2) is 6.79 Å². The van der Waals surface area contributed by atoms with Crippen molar-refractivity contribution >= 4 is 11.7 Å². The molecule has 0 saturated carbocycles. The summed E-state index contributed by atoms with van der Waals surface area (Å²) in [6.45, 7) is -0.612. The van der Waals surface area contributed by atoms with Crippen LogP contribution in [0.25, 0.3) is 0 Å². The van der Waals surface area contributed by atoms with Gasteiger partial charge in [0, 0.05) is 5.69 Å². The first-order valence-corrected chi connectivity index (χ1v) is 5.46. The van der Waals surface area contributed by atoms with E-state index < -0.39 is 31.5 Å². The molecular formula is C12H14F3NO3. The molecule has 0 saturated heterocycles. The molecule has 7 heteroatoms. The second-order valence-electron chi connectivity index (χ2n) is 3.94. The van der Waals surface area contributed by atoms with Crippen molar-refractivity contribution in [1.82, 2.24) is 0 Å². The molecule has 0 aliphatic carbocycles. The summed E-state index contributed by atoms with van der Waals surface area (Å²) in [4.78, 5) is 11.6. The Balaban J connectivity index is 2.41. The predicted octanol–water partition coefficient (Wildman–Crippen LogP) is 2.45. The average molecular weight is 277 g/mol. The second-order valence-corrected chi connectivity index (χ2v) is 3.94. The van der Waals surface area contributed by atoms with E-state index in [1.807, 2.05) is 0 Å². The molecule has 0 radical (unpaired) electrons. The molecule has 1 unspecified atom stereocenters. The molecule has 4 nitrogen and oxygen atoms in total. The summed E-state index contributed by atoms with van der Waals surface area (Å²) in [7, 11) is 0. The lowest BCUT2D eigenvalue weighted by Gasteiger charge is -2.13. The van der Waals surface area contributed by atoms with E-state index >= 15 is 0 Å². The fraction of sp³-hybridized carbons (Fsp3) is 0.417. The van der Waals surface area contributed by atoms with Crippen LogP contribution >= 0.6 is 0 Å². The molecule has 0 aliphatic rings. The number of ether oxygens (including phenoxy) is 2. The van der Waals surface area contributed by atoms with Crippen molar-refractivity contribution in [3.05, 3.63) is 29.8 Å². The van der Waals surface area contributed by atoms with E-state index in [4.69, 9.17) is 5.73 Å². The Bertz CT molecular complexity index is 434. The zero-order chi connectivity index (χ0) is 14.5. The number of nitrogen functional groups attached to an aromatic ring is 1. The Morgan fingerprint density at radius 3 is 2.68 bits per heavy atom. The number of carbonyl (C=O) groups excluding carboxylic acids is 1. The fourth-order valence-electron chi connectivity index (χ4n) is 1.35. The summed E-state index contributed by atoms with van der Waals surface area (Å²) in [5.74, 6) is -1.30. The third-order valence-corrected chi connectivity index (χ3v) is 2.31. The lowest BCUT2D eigenvalue weighted by Crippen LogP contribution is -2.21. The van der Waals surface area contributed by atoms with Crippen molar-refractivity contribution in [3.63, 3.8) is 0 Å². The second kappa shape index (κ2) is 6.42. The van der Waals surface area contributed by atoms with E-state index in [9.17, 15) is 18.0 Å². The minimum absolute atomic E-state index is 0.491. The van der Waals surface area contributed by atoms with Gasteiger partial charge in [-0.05, 0) is 24.6 Å². The zero-order valence-electron chi connectivity index (χ0n) is 10.2. The molecule has 1 aromatic carbocycles. The number of hydrogen-bond acceptors (Lipinski definition) is 4. The summed E-state index contributed by atoms with van der Waals surface area (Å²) >= 11 is 0. The van der Waals surface area contributed by atoms with Gasteiger partial charge in [0.05, 0.1) is 5.92 Å². The number of carbonyl (C=O) groups is 1. The normalized spacial score (nSPS) is 13.1. The standard InChI is InChI=1S/C12H14F3NO3/c1-8(9-3-2-4-10(16)5-9)11(17)19-7-18-6-12(13,14)15/h2-5,8H,6-7,16H2,1H3. The van der Waals surface area contributed by atoms with Crippen LogP contribution in [0.3, 0.4) is 0 Å². The summed E-state index contributed by atoms with van der Waals surface area (Å²) < 4.78 is 44.1. The Labute approximate surface area is 108 Å². The highest BCUT2D eigenvalue weighted by Crippen LogP contribution is 2.19. The Kier molecular flexibility index (Phi) is 5.17. The van der Waals surface area contributed by atoms with Crippen LogP contribution in [-0.4, -0.2) is 25.5 Å². The molecule has 0 aromatic heterocycles. The highest BCUT2D eigenvalue weighted by molar-refractivity contribution is 5.78. The summed E-state index contributed by atoms with van der Waals surface area (Å²) in [5.41, 5.74) is 6.68. The highest BCUT2D eigenvalue weighted by Gasteiger charge is 2.27. The van der Waals surface area contributed by atoms with Crippen LogP contribution in [0, 0.1) is 0 Å². The van der Waals surface area contributed by atoms with Crippen LogP contribution in [0.5, 0.6) is 0 Å². The molecule has 0 amide bonds. The molecule has 106 valence electrons. The van der Waals surface area contributed by atoms with E-state index in [1.54, 1.807) is 31.2 Å². The first-order valence-electron chi connectivity index (χ1n) is 5.46. The first kappa shape index (κ1) is 15.3. The lowest BCUT2D eigenvalue weighted by molar-refractivity contribution is -0.200. The number of halogens is 3. The van der Waals surface area contributed by atoms with E-state index in [1.165, 1.54) is 0 Å². The van der Waals surface area contributed by atoms with Crippen molar-refractivity contribution in [2.45, 2.75) is 19.0 Å². The molecule has 0 aliphatic heterocycles. The van der Waals surface area contributed by atoms with E-state index in [2.05, 4.69) is 9.47 Å². The topological polar surface area (TPSA) is 61.5 Å². The monoisotopic (exact) mass is 277 g/mol. The molecule has 2 N–H and O–H groups in total. The van der Waals surface area contributed by atoms with Gasteiger partial charge >= 0.3 is 12.1 Å². The van der Waals surface area contributed by atoms with Gasteiger partial charge in [-0.1, -0.05) is 12.1 Å². The molecule has 0 spiro atoms. The average Bonchev–Trinajstić information content (AvgIpc) is 2.32. The van der Waals surface area contributed by atoms with Crippen molar-refractivity contribution in [1.29, 1.82) is 0 Å². The number of rotatable bonds is 5. The molecule has 1 rings (SSSR count). The molecule has 0 heterocycles. The number of anilines is 1. The van der Waals surface area contributed by atoms with Crippen LogP contribution in [0.1, 0.15) is 18.4 Å². The molecule has 19 heavy (non-hydrogen) atoms. The Morgan fingerprint density at radius 2 is 2.11 bits per heavy atom. The summed E-state index contributed by atoms with van der Waals surface area (Å²) in [6.07, 6.45) is -4.44. The van der Waals surface area contributed by atoms with Gasteiger partial charge in [-0.3, -0.25) is 4.79 Å². The maximum atomic E-state index is 11.8. The van der Waals surface area contributed by atoms with Crippen LogP contribution in [0.2, 0.25) is 0 Å². The maximum Gasteiger partial charge on any atom is 0.411 e. The third kappa shape index (κ3) is 5.60. The van der Waals surface area contributed by atoms with Gasteiger partial charge in [-0.15, -0.1) is 0 Å². The predicted molar refractivity (Wildman–Crippen MR) is 62.2 cm³/mol. The number of nitrogens with two attached hydrogens (primary N) is 1. The van der Waals surface area contributed by atoms with Crippen LogP contribution < -0.4 is 5.73 Å². The largest absolute Gasteiger partial charge is 0.438 e. The van der Waals surface area contributed by atoms with Crippen molar-refractivity contribution < 1.29 is 27.4 Å². The smallest absolute Gasteiger partial charge is 0.411 e. The molecule has 1 aromatic rings. The maximum absolute atomic E-state index is 11.8. The summed E-state index contributed by atoms with van der Waals surface area (Å²) in [5, 5.41) is 0. The van der Waals surface area contributed by atoms with E-state index in [-0.39, 0.29) is 0 Å². The Morgan fingerprint density at radius 1 is 1.42 bits per heavy atom. The van der Waals surface area contributed by atoms with Gasteiger partial charge in [-0.25, -0.2) is 0 Å². The quantitative estimate of drug-likeness (QED) is 0.388. The Hall–Kier alpha value is -1.76. The van der Waals surface area contributed by atoms with E-state index in [0.717, 1.165) is 0 Å². The lowest BCUT2D eigenvalue weighted by atomic mass is 10.0. The van der Waals surface area contributed by atoms with Gasteiger partial charge < -0.3 is 15.2 Å². The van der Waals surface area contributed by atoms with Crippen molar-refractivity contribution in [2.24, 2.45) is 0 Å². The minimum atomic E-state index is -4.44. The van der Waals surface area contributed by atoms with Crippen LogP contribution in [0.15, 0.2) is 24.3 Å². The number of hydrogen-bond donors (Lipinski definition) is 1. The molecular weight excluding hydrogens is 263 g/mol. The summed E-state index contributed by atoms with van der Waals surface area (Å²) in [6, 6.07) is 6.62. The fourth-order valence-corrected chi connectivity index (χ4v) is 1.35. The van der Waals surface area contributed by atoms with Gasteiger partial charge in [0.2, 0.25) is 0 Å². The van der Waals surface area contributed by atoms with Crippen LogP contribution in [0.4, 0.5) is 18.9 Å². The first-order chi connectivity index (χ1) is 8.79. The molecule has 0 bridgehead atoms. The number of esters is 1. The van der Waals surface area contributed by atoms with Crippen LogP contribution in [-0.2, 0) is 14.3 Å². The van der Waals surface area contributed by atoms with Gasteiger partial charge in [-0.2, -0.15) is 13.2 Å². The van der Waals surface area contributed by atoms with Gasteiger partial charge in [0.25, 0.3) is 0 Å². The SMILES string of the molecule is CC(C(=O)OCOCC(F)(F)F)c1cccc(N)c1. The highest BCUT2D eigenvalue weighted by atomic mass is 19.4. The van der Waals surface area contributed by atoms with Crippen molar-refractivity contribution in [3.8, 4) is 0 Å². The zero-order valence-corrected chi connectivity index (χ0v) is 10.2. The molecule has 1 atom stereocenters. The van der Waals surface area contributed by atoms with E-state index in [0.29, 0.717) is 11.3 Å². The number of alkyl halides is 3. The number of benzene rings is 1. The third-order valence-electron chi connectivity index (χ3n) is 2.31. The molecule has 0 fully saturated rings. The van der Waals surface area contributed by atoms with Crippen molar-refractivity contribution in [2.75, 3.05) is 19.1 Å².